The predicted octanol–water partition coefficient (Wildman–Crippen LogP) is 12.0. The molecule has 0 spiro atoms. The number of quaternary nitrogens is 1. The standard InChI is InChI=1S/C46H78NO8P/c1-6-8-10-12-14-16-18-20-22-23-25-26-28-30-32-34-36-38-45(48)52-42-44(43-54-56(50,51)53-41-40-47(3,4)5)55-46(49)39-37-35-33-31-29-27-24-21-19-17-15-13-11-9-7-2/h8,10,14-17,20-22,24-26,30,32,44H,6-7,9,11-13,18-19,23,27-29,31,33-43H2,1-5H3/p+1/b10-8-,16-14-,17-15-,22-20-,24-21-,26-25-,32-30-/t44-/m1/s1. The van der Waals surface area contributed by atoms with E-state index in [2.05, 4.69) is 92.8 Å². The first-order valence-electron chi connectivity index (χ1n) is 21.3. The van der Waals surface area contributed by atoms with Crippen LogP contribution in [0.4, 0.5) is 0 Å². The fourth-order valence-corrected chi connectivity index (χ4v) is 5.82. The number of likely N-dealkylation sites (N-methyl/N-ethyl adjacent to an activating group) is 1. The minimum absolute atomic E-state index is 0.0153. The number of esters is 2. The van der Waals surface area contributed by atoms with Crippen molar-refractivity contribution in [1.82, 2.24) is 0 Å². The fourth-order valence-electron chi connectivity index (χ4n) is 5.08. The molecule has 0 radical (unpaired) electrons. The van der Waals surface area contributed by atoms with Gasteiger partial charge in [-0.25, -0.2) is 4.57 Å². The van der Waals surface area contributed by atoms with Crippen molar-refractivity contribution in [3.8, 4) is 0 Å². The van der Waals surface area contributed by atoms with Gasteiger partial charge in [-0.2, -0.15) is 0 Å². The summed E-state index contributed by atoms with van der Waals surface area (Å²) in [6.07, 6.45) is 47.8. The molecule has 56 heavy (non-hydrogen) atoms. The summed E-state index contributed by atoms with van der Waals surface area (Å²) in [5, 5.41) is 0. The lowest BCUT2D eigenvalue weighted by molar-refractivity contribution is -0.870. The average molecular weight is 805 g/mol. The van der Waals surface area contributed by atoms with E-state index in [0.717, 1.165) is 77.0 Å². The van der Waals surface area contributed by atoms with Crippen LogP contribution >= 0.6 is 7.82 Å². The van der Waals surface area contributed by atoms with Gasteiger partial charge in [0.25, 0.3) is 0 Å². The third-order valence-corrected chi connectivity index (χ3v) is 9.39. The second-order valence-corrected chi connectivity index (χ2v) is 16.4. The number of allylic oxidation sites excluding steroid dienone is 14. The molecule has 0 amide bonds. The van der Waals surface area contributed by atoms with Crippen LogP contribution in [-0.2, 0) is 32.7 Å². The van der Waals surface area contributed by atoms with Crippen molar-refractivity contribution in [3.05, 3.63) is 85.1 Å². The van der Waals surface area contributed by atoms with Gasteiger partial charge in [-0.1, -0.05) is 131 Å². The zero-order valence-electron chi connectivity index (χ0n) is 35.8. The lowest BCUT2D eigenvalue weighted by Gasteiger charge is -2.24. The van der Waals surface area contributed by atoms with Crippen LogP contribution in [0.3, 0.4) is 0 Å². The van der Waals surface area contributed by atoms with E-state index in [-0.39, 0.29) is 26.1 Å². The molecule has 0 aliphatic heterocycles. The van der Waals surface area contributed by atoms with Gasteiger partial charge in [0, 0.05) is 12.8 Å². The first-order valence-corrected chi connectivity index (χ1v) is 22.8. The Morgan fingerprint density at radius 1 is 0.571 bits per heavy atom. The maximum Gasteiger partial charge on any atom is 0.472 e. The molecular weight excluding hydrogens is 725 g/mol. The molecule has 0 aliphatic rings. The topological polar surface area (TPSA) is 108 Å². The van der Waals surface area contributed by atoms with E-state index in [9.17, 15) is 19.0 Å². The molecule has 0 bridgehead atoms. The number of hydrogen-bond acceptors (Lipinski definition) is 7. The van der Waals surface area contributed by atoms with Crippen LogP contribution in [0.2, 0.25) is 0 Å². The van der Waals surface area contributed by atoms with Crippen LogP contribution in [0, 0.1) is 0 Å². The number of nitrogens with zero attached hydrogens (tertiary/aromatic N) is 1. The Morgan fingerprint density at radius 2 is 1.04 bits per heavy atom. The Balaban J connectivity index is 4.52. The summed E-state index contributed by atoms with van der Waals surface area (Å²) in [5.74, 6) is -0.893. The summed E-state index contributed by atoms with van der Waals surface area (Å²) in [5.41, 5.74) is 0. The van der Waals surface area contributed by atoms with Gasteiger partial charge in [0.1, 0.15) is 19.8 Å². The van der Waals surface area contributed by atoms with Crippen LogP contribution in [0.1, 0.15) is 142 Å². The van der Waals surface area contributed by atoms with Crippen molar-refractivity contribution in [2.75, 3.05) is 47.5 Å². The van der Waals surface area contributed by atoms with Crippen molar-refractivity contribution in [1.29, 1.82) is 0 Å². The van der Waals surface area contributed by atoms with E-state index in [1.165, 1.54) is 25.7 Å². The molecule has 9 nitrogen and oxygen atoms in total. The second-order valence-electron chi connectivity index (χ2n) is 15.0. The number of hydrogen-bond donors (Lipinski definition) is 1. The number of carbonyl (C=O) groups excluding carboxylic acids is 2. The molecule has 0 saturated heterocycles. The van der Waals surface area contributed by atoms with Gasteiger partial charge >= 0.3 is 19.8 Å². The summed E-state index contributed by atoms with van der Waals surface area (Å²) in [7, 11) is 1.42. The number of ether oxygens (including phenoxy) is 2. The summed E-state index contributed by atoms with van der Waals surface area (Å²) >= 11 is 0. The highest BCUT2D eigenvalue weighted by Gasteiger charge is 2.27. The molecule has 0 heterocycles. The van der Waals surface area contributed by atoms with Gasteiger partial charge < -0.3 is 18.9 Å². The summed E-state index contributed by atoms with van der Waals surface area (Å²) in [6, 6.07) is 0. The molecule has 10 heteroatoms. The predicted molar refractivity (Wildman–Crippen MR) is 233 cm³/mol. The molecule has 320 valence electrons. The molecule has 2 atom stereocenters. The van der Waals surface area contributed by atoms with E-state index < -0.39 is 32.5 Å². The average Bonchev–Trinajstić information content (AvgIpc) is 3.15. The molecule has 0 aliphatic carbocycles. The van der Waals surface area contributed by atoms with E-state index in [0.29, 0.717) is 23.9 Å². The molecule has 0 aromatic heterocycles. The van der Waals surface area contributed by atoms with Crippen LogP contribution < -0.4 is 0 Å². The first kappa shape index (κ1) is 53.2. The minimum Gasteiger partial charge on any atom is -0.462 e. The highest BCUT2D eigenvalue weighted by atomic mass is 31.2. The lowest BCUT2D eigenvalue weighted by atomic mass is 10.1. The Bertz CT molecular complexity index is 1230. The highest BCUT2D eigenvalue weighted by molar-refractivity contribution is 7.47. The molecule has 0 rings (SSSR count). The van der Waals surface area contributed by atoms with Crippen LogP contribution in [0.15, 0.2) is 85.1 Å². The Morgan fingerprint density at radius 3 is 1.57 bits per heavy atom. The minimum atomic E-state index is -4.39. The van der Waals surface area contributed by atoms with Gasteiger partial charge in [-0.3, -0.25) is 18.6 Å². The third kappa shape index (κ3) is 40.8. The molecule has 1 N–H and O–H groups in total. The summed E-state index contributed by atoms with van der Waals surface area (Å²) < 4.78 is 34.2. The quantitative estimate of drug-likeness (QED) is 0.0217. The van der Waals surface area contributed by atoms with Crippen LogP contribution in [-0.4, -0.2) is 74.9 Å². The van der Waals surface area contributed by atoms with E-state index in [1.54, 1.807) is 0 Å². The maximum absolute atomic E-state index is 12.7. The van der Waals surface area contributed by atoms with Gasteiger partial charge in [-0.15, -0.1) is 0 Å². The van der Waals surface area contributed by atoms with Crippen molar-refractivity contribution >= 4 is 19.8 Å². The number of phosphoric acid groups is 1. The zero-order chi connectivity index (χ0) is 41.4. The Labute approximate surface area is 341 Å². The monoisotopic (exact) mass is 805 g/mol. The van der Waals surface area contributed by atoms with Crippen molar-refractivity contribution in [3.63, 3.8) is 0 Å². The van der Waals surface area contributed by atoms with Gasteiger partial charge in [0.05, 0.1) is 27.7 Å². The Hall–Kier alpha value is -2.81. The molecule has 0 fully saturated rings. The molecule has 0 aromatic rings. The van der Waals surface area contributed by atoms with Gasteiger partial charge in [0.15, 0.2) is 6.10 Å². The first-order chi connectivity index (χ1) is 27.0. The third-order valence-electron chi connectivity index (χ3n) is 8.41. The van der Waals surface area contributed by atoms with E-state index >= 15 is 0 Å². The second kappa shape index (κ2) is 37.7. The molecule has 0 aromatic carbocycles. The summed E-state index contributed by atoms with van der Waals surface area (Å²) in [6.45, 7) is 4.17. The number of unbranched alkanes of at least 4 members (excludes halogenated alkanes) is 9. The molecule has 0 saturated carbocycles. The van der Waals surface area contributed by atoms with Gasteiger partial charge in [0.2, 0.25) is 0 Å². The lowest BCUT2D eigenvalue weighted by Crippen LogP contribution is -2.37. The fraction of sp³-hybridized carbons (Fsp3) is 0.652. The normalized spacial score (nSPS) is 14.5. The number of rotatable bonds is 37. The number of phosphoric ester groups is 1. The maximum atomic E-state index is 12.7. The Kier molecular flexibility index (Phi) is 35.9. The highest BCUT2D eigenvalue weighted by Crippen LogP contribution is 2.43. The summed E-state index contributed by atoms with van der Waals surface area (Å²) in [4.78, 5) is 35.3. The van der Waals surface area contributed by atoms with E-state index in [4.69, 9.17) is 18.5 Å². The van der Waals surface area contributed by atoms with Crippen LogP contribution in [0.25, 0.3) is 0 Å². The molecular formula is C46H79NO8P+. The SMILES string of the molecule is CC/C=C\C/C=C\C/C=C\C/C=C\C/C=C\CCCC(=O)OC[C@H](COP(=O)(O)OCC[N+](C)(C)C)OC(=O)CCCCCCC/C=C\C/C=C\CCCCC. The number of carbonyl (C=O) groups is 2. The van der Waals surface area contributed by atoms with Crippen molar-refractivity contribution in [2.45, 2.75) is 148 Å². The zero-order valence-corrected chi connectivity index (χ0v) is 36.7. The van der Waals surface area contributed by atoms with Gasteiger partial charge in [-0.05, 0) is 83.5 Å². The smallest absolute Gasteiger partial charge is 0.462 e. The van der Waals surface area contributed by atoms with Crippen LogP contribution in [0.5, 0.6) is 0 Å². The largest absolute Gasteiger partial charge is 0.472 e. The van der Waals surface area contributed by atoms with E-state index in [1.807, 2.05) is 27.2 Å². The molecule has 1 unspecified atom stereocenters. The van der Waals surface area contributed by atoms with Crippen molar-refractivity contribution in [2.24, 2.45) is 0 Å². The van der Waals surface area contributed by atoms with Crippen molar-refractivity contribution < 1.29 is 42.1 Å².